The van der Waals surface area contributed by atoms with Crippen LogP contribution in [0.3, 0.4) is 0 Å². The molecule has 0 radical (unpaired) electrons. The van der Waals surface area contributed by atoms with E-state index in [1.165, 1.54) is 0 Å². The van der Waals surface area contributed by atoms with Gasteiger partial charge in [0.15, 0.2) is 5.76 Å². The first-order valence-corrected chi connectivity index (χ1v) is 7.06. The third-order valence-corrected chi connectivity index (χ3v) is 3.32. The van der Waals surface area contributed by atoms with Crippen LogP contribution >= 0.6 is 0 Å². The summed E-state index contributed by atoms with van der Waals surface area (Å²) in [4.78, 5) is 0. The number of benzene rings is 1. The summed E-state index contributed by atoms with van der Waals surface area (Å²) in [6.45, 7) is 3.51. The molecule has 2 rings (SSSR count). The fourth-order valence-corrected chi connectivity index (χ4v) is 2.05. The number of hydrogen-bond acceptors (Lipinski definition) is 5. The quantitative estimate of drug-likeness (QED) is 0.810. The molecule has 5 nitrogen and oxygen atoms in total. The van der Waals surface area contributed by atoms with Crippen LogP contribution in [0.25, 0.3) is 11.3 Å². The molecule has 21 heavy (non-hydrogen) atoms. The summed E-state index contributed by atoms with van der Waals surface area (Å²) < 4.78 is 15.8. The molecule has 5 heteroatoms. The maximum atomic E-state index is 5.37. The van der Waals surface area contributed by atoms with Gasteiger partial charge in [-0.15, -0.1) is 0 Å². The zero-order valence-electron chi connectivity index (χ0n) is 12.8. The fraction of sp³-hybridized carbons (Fsp3) is 0.438. The van der Waals surface area contributed by atoms with Gasteiger partial charge in [0.25, 0.3) is 0 Å². The molecule has 0 aliphatic carbocycles. The molecule has 1 unspecified atom stereocenters. The molecule has 0 saturated heterocycles. The van der Waals surface area contributed by atoms with E-state index < -0.39 is 0 Å². The molecule has 0 aliphatic heterocycles. The number of rotatable bonds is 8. The Bertz CT molecular complexity index is 554. The lowest BCUT2D eigenvalue weighted by Crippen LogP contribution is -2.26. The predicted octanol–water partition coefficient (Wildman–Crippen LogP) is 2.86. The Morgan fingerprint density at radius 3 is 2.86 bits per heavy atom. The first-order valence-electron chi connectivity index (χ1n) is 7.06. The second-order valence-corrected chi connectivity index (χ2v) is 4.94. The van der Waals surface area contributed by atoms with Crippen molar-refractivity contribution in [2.45, 2.75) is 25.9 Å². The minimum absolute atomic E-state index is 0.366. The van der Waals surface area contributed by atoms with Gasteiger partial charge in [0, 0.05) is 31.4 Å². The SMILES string of the molecule is COCCC(C)NCc1cc(-c2ccccc2OC)no1. The van der Waals surface area contributed by atoms with Crippen LogP contribution in [0, 0.1) is 0 Å². The maximum absolute atomic E-state index is 5.37. The number of nitrogens with zero attached hydrogens (tertiary/aromatic N) is 1. The van der Waals surface area contributed by atoms with Gasteiger partial charge < -0.3 is 19.3 Å². The average molecular weight is 290 g/mol. The molecule has 1 atom stereocenters. The first kappa shape index (κ1) is 15.5. The van der Waals surface area contributed by atoms with Crippen molar-refractivity contribution in [2.75, 3.05) is 20.8 Å². The second-order valence-electron chi connectivity index (χ2n) is 4.94. The smallest absolute Gasteiger partial charge is 0.151 e. The molecule has 114 valence electrons. The molecule has 1 aromatic heterocycles. The number of para-hydroxylation sites is 1. The Morgan fingerprint density at radius 2 is 2.10 bits per heavy atom. The van der Waals surface area contributed by atoms with Gasteiger partial charge in [-0.3, -0.25) is 0 Å². The van der Waals surface area contributed by atoms with E-state index in [-0.39, 0.29) is 0 Å². The highest BCUT2D eigenvalue weighted by molar-refractivity contribution is 5.66. The second kappa shape index (κ2) is 7.81. The summed E-state index contributed by atoms with van der Waals surface area (Å²) in [7, 11) is 3.36. The average Bonchev–Trinajstić information content (AvgIpc) is 2.99. The molecule has 0 saturated carbocycles. The minimum atomic E-state index is 0.366. The lowest BCUT2D eigenvalue weighted by molar-refractivity contribution is 0.184. The molecule has 1 aromatic carbocycles. The molecule has 0 spiro atoms. The molecule has 2 aromatic rings. The van der Waals surface area contributed by atoms with E-state index in [0.29, 0.717) is 12.6 Å². The minimum Gasteiger partial charge on any atom is -0.496 e. The standard InChI is InChI=1S/C16H22N2O3/c1-12(8-9-19-2)17-11-13-10-15(18-21-13)14-6-4-5-7-16(14)20-3/h4-7,10,12,17H,8-9,11H2,1-3H3. The highest BCUT2D eigenvalue weighted by Gasteiger charge is 2.11. The normalized spacial score (nSPS) is 12.3. The van der Waals surface area contributed by atoms with Crippen molar-refractivity contribution >= 4 is 0 Å². The van der Waals surface area contributed by atoms with Gasteiger partial charge in [0.05, 0.1) is 13.7 Å². The van der Waals surface area contributed by atoms with E-state index in [9.17, 15) is 0 Å². The van der Waals surface area contributed by atoms with Crippen LogP contribution in [-0.4, -0.2) is 32.0 Å². The van der Waals surface area contributed by atoms with Crippen molar-refractivity contribution in [1.29, 1.82) is 0 Å². The molecular weight excluding hydrogens is 268 g/mol. The van der Waals surface area contributed by atoms with E-state index >= 15 is 0 Å². The van der Waals surface area contributed by atoms with Gasteiger partial charge in [-0.25, -0.2) is 0 Å². The molecule has 0 aliphatic rings. The molecule has 0 fully saturated rings. The Balaban J connectivity index is 1.98. The Morgan fingerprint density at radius 1 is 1.29 bits per heavy atom. The van der Waals surface area contributed by atoms with Crippen LogP contribution in [0.1, 0.15) is 19.1 Å². The summed E-state index contributed by atoms with van der Waals surface area (Å²) in [5, 5.41) is 7.50. The number of ether oxygens (including phenoxy) is 2. The molecule has 1 N–H and O–H groups in total. The van der Waals surface area contributed by atoms with Crippen LogP contribution in [-0.2, 0) is 11.3 Å². The zero-order valence-corrected chi connectivity index (χ0v) is 12.8. The Hall–Kier alpha value is -1.85. The topological polar surface area (TPSA) is 56.5 Å². The number of aromatic nitrogens is 1. The lowest BCUT2D eigenvalue weighted by atomic mass is 10.1. The van der Waals surface area contributed by atoms with Crippen molar-refractivity contribution in [2.24, 2.45) is 0 Å². The number of hydrogen-bond donors (Lipinski definition) is 1. The van der Waals surface area contributed by atoms with Gasteiger partial charge in [-0.05, 0) is 25.5 Å². The molecule has 0 bridgehead atoms. The van der Waals surface area contributed by atoms with Gasteiger partial charge in [0.2, 0.25) is 0 Å². The summed E-state index contributed by atoms with van der Waals surface area (Å²) in [5.74, 6) is 1.60. The van der Waals surface area contributed by atoms with Crippen LogP contribution in [0.2, 0.25) is 0 Å². The maximum Gasteiger partial charge on any atom is 0.151 e. The summed E-state index contributed by atoms with van der Waals surface area (Å²) in [6, 6.07) is 10.1. The first-order chi connectivity index (χ1) is 10.2. The van der Waals surface area contributed by atoms with Crippen molar-refractivity contribution in [3.63, 3.8) is 0 Å². The highest BCUT2D eigenvalue weighted by atomic mass is 16.5. The van der Waals surface area contributed by atoms with Crippen LogP contribution in [0.5, 0.6) is 5.75 Å². The van der Waals surface area contributed by atoms with E-state index in [1.54, 1.807) is 14.2 Å². The van der Waals surface area contributed by atoms with Crippen molar-refractivity contribution in [3.8, 4) is 17.0 Å². The Labute approximate surface area is 125 Å². The van der Waals surface area contributed by atoms with Crippen LogP contribution < -0.4 is 10.1 Å². The Kier molecular flexibility index (Phi) is 5.78. The van der Waals surface area contributed by atoms with Crippen LogP contribution in [0.4, 0.5) is 0 Å². The third kappa shape index (κ3) is 4.31. The number of methoxy groups -OCH3 is 2. The fourth-order valence-electron chi connectivity index (χ4n) is 2.05. The number of nitrogens with one attached hydrogen (secondary N) is 1. The zero-order chi connectivity index (χ0) is 15.1. The van der Waals surface area contributed by atoms with E-state index in [4.69, 9.17) is 14.0 Å². The van der Waals surface area contributed by atoms with Crippen LogP contribution in [0.15, 0.2) is 34.9 Å². The van der Waals surface area contributed by atoms with Crippen molar-refractivity contribution < 1.29 is 14.0 Å². The van der Waals surface area contributed by atoms with Crippen molar-refractivity contribution in [3.05, 3.63) is 36.1 Å². The summed E-state index contributed by atoms with van der Waals surface area (Å²) in [5.41, 5.74) is 1.72. The third-order valence-electron chi connectivity index (χ3n) is 3.32. The van der Waals surface area contributed by atoms with Crippen molar-refractivity contribution in [1.82, 2.24) is 10.5 Å². The summed E-state index contributed by atoms with van der Waals surface area (Å²) >= 11 is 0. The highest BCUT2D eigenvalue weighted by Crippen LogP contribution is 2.28. The summed E-state index contributed by atoms with van der Waals surface area (Å²) in [6.07, 6.45) is 0.962. The molecule has 1 heterocycles. The predicted molar refractivity (Wildman–Crippen MR) is 81.3 cm³/mol. The monoisotopic (exact) mass is 290 g/mol. The van der Waals surface area contributed by atoms with E-state index in [0.717, 1.165) is 35.8 Å². The van der Waals surface area contributed by atoms with Gasteiger partial charge in [0.1, 0.15) is 11.4 Å². The van der Waals surface area contributed by atoms with E-state index in [2.05, 4.69) is 17.4 Å². The largest absolute Gasteiger partial charge is 0.496 e. The molecular formula is C16H22N2O3. The van der Waals surface area contributed by atoms with Gasteiger partial charge >= 0.3 is 0 Å². The lowest BCUT2D eigenvalue weighted by Gasteiger charge is -2.11. The van der Waals surface area contributed by atoms with Gasteiger partial charge in [-0.2, -0.15) is 0 Å². The molecule has 0 amide bonds. The van der Waals surface area contributed by atoms with Gasteiger partial charge in [-0.1, -0.05) is 17.3 Å². The van der Waals surface area contributed by atoms with E-state index in [1.807, 2.05) is 30.3 Å².